The van der Waals surface area contributed by atoms with E-state index < -0.39 is 0 Å². The molecule has 4 rings (SSSR count). The molecule has 0 spiro atoms. The SMILES string of the molecule is Cc1ccc2cc(-n3ccc4ccncc43)ncc2c1N. The lowest BCUT2D eigenvalue weighted by Gasteiger charge is -2.08. The number of aromatic nitrogens is 3. The highest BCUT2D eigenvalue weighted by molar-refractivity contribution is 5.94. The van der Waals surface area contributed by atoms with Crippen LogP contribution in [0.15, 0.2) is 55.1 Å². The molecule has 0 saturated heterocycles. The lowest BCUT2D eigenvalue weighted by Crippen LogP contribution is -1.97. The minimum absolute atomic E-state index is 0.797. The number of hydrogen-bond donors (Lipinski definition) is 1. The Balaban J connectivity index is 1.97. The first-order valence-electron chi connectivity index (χ1n) is 6.80. The van der Waals surface area contributed by atoms with Gasteiger partial charge in [0, 0.05) is 35.1 Å². The fraction of sp³-hybridized carbons (Fsp3) is 0.0588. The van der Waals surface area contributed by atoms with Crippen LogP contribution in [-0.2, 0) is 0 Å². The molecule has 0 aliphatic rings. The second-order valence-corrected chi connectivity index (χ2v) is 5.18. The molecule has 0 aliphatic carbocycles. The highest BCUT2D eigenvalue weighted by atomic mass is 15.1. The van der Waals surface area contributed by atoms with Crippen molar-refractivity contribution in [2.75, 3.05) is 5.73 Å². The van der Waals surface area contributed by atoms with Crippen LogP contribution < -0.4 is 5.73 Å². The Labute approximate surface area is 121 Å². The van der Waals surface area contributed by atoms with Gasteiger partial charge in [-0.3, -0.25) is 9.55 Å². The number of fused-ring (bicyclic) bond motifs is 2. The molecule has 4 nitrogen and oxygen atoms in total. The molecule has 3 heterocycles. The quantitative estimate of drug-likeness (QED) is 0.541. The van der Waals surface area contributed by atoms with Gasteiger partial charge in [-0.15, -0.1) is 0 Å². The molecule has 102 valence electrons. The van der Waals surface area contributed by atoms with E-state index in [1.165, 1.54) is 0 Å². The maximum atomic E-state index is 6.12. The van der Waals surface area contributed by atoms with E-state index in [9.17, 15) is 0 Å². The van der Waals surface area contributed by atoms with Gasteiger partial charge in [-0.1, -0.05) is 12.1 Å². The van der Waals surface area contributed by atoms with Crippen LogP contribution in [0.4, 0.5) is 5.69 Å². The molecule has 0 fully saturated rings. The number of nitrogens with two attached hydrogens (primary N) is 1. The van der Waals surface area contributed by atoms with Crippen molar-refractivity contribution in [1.29, 1.82) is 0 Å². The summed E-state index contributed by atoms with van der Waals surface area (Å²) >= 11 is 0. The van der Waals surface area contributed by atoms with Crippen molar-refractivity contribution < 1.29 is 0 Å². The van der Waals surface area contributed by atoms with Crippen LogP contribution in [0.3, 0.4) is 0 Å². The zero-order valence-electron chi connectivity index (χ0n) is 11.6. The monoisotopic (exact) mass is 274 g/mol. The van der Waals surface area contributed by atoms with Crippen LogP contribution in [0.5, 0.6) is 0 Å². The van der Waals surface area contributed by atoms with Crippen molar-refractivity contribution in [3.05, 3.63) is 60.7 Å². The van der Waals surface area contributed by atoms with Crippen molar-refractivity contribution in [3.8, 4) is 5.82 Å². The van der Waals surface area contributed by atoms with Gasteiger partial charge in [0.05, 0.1) is 11.7 Å². The first-order chi connectivity index (χ1) is 10.2. The van der Waals surface area contributed by atoms with Crippen molar-refractivity contribution in [3.63, 3.8) is 0 Å². The van der Waals surface area contributed by atoms with Gasteiger partial charge < -0.3 is 5.73 Å². The lowest BCUT2D eigenvalue weighted by molar-refractivity contribution is 1.05. The Bertz CT molecular complexity index is 969. The zero-order valence-corrected chi connectivity index (χ0v) is 11.6. The van der Waals surface area contributed by atoms with Crippen molar-refractivity contribution in [2.24, 2.45) is 0 Å². The first-order valence-corrected chi connectivity index (χ1v) is 6.80. The van der Waals surface area contributed by atoms with Crippen LogP contribution in [-0.4, -0.2) is 14.5 Å². The smallest absolute Gasteiger partial charge is 0.137 e. The molecular weight excluding hydrogens is 260 g/mol. The molecule has 0 unspecified atom stereocenters. The third-order valence-electron chi connectivity index (χ3n) is 3.89. The standard InChI is InChI=1S/C17H14N4/c1-11-2-3-13-8-16(20-9-14(13)17(11)18)21-7-5-12-4-6-19-10-15(12)21/h2-10H,18H2,1H3. The highest BCUT2D eigenvalue weighted by Crippen LogP contribution is 2.26. The Morgan fingerprint density at radius 1 is 1.05 bits per heavy atom. The molecule has 1 aromatic carbocycles. The topological polar surface area (TPSA) is 56.7 Å². The summed E-state index contributed by atoms with van der Waals surface area (Å²) < 4.78 is 2.04. The molecule has 3 aromatic heterocycles. The number of hydrogen-bond acceptors (Lipinski definition) is 3. The Kier molecular flexibility index (Phi) is 2.44. The normalized spacial score (nSPS) is 11.3. The van der Waals surface area contributed by atoms with Gasteiger partial charge in [-0.05, 0) is 36.1 Å². The fourth-order valence-electron chi connectivity index (χ4n) is 2.65. The minimum Gasteiger partial charge on any atom is -0.398 e. The molecular formula is C17H14N4. The van der Waals surface area contributed by atoms with Gasteiger partial charge in [-0.2, -0.15) is 0 Å². The van der Waals surface area contributed by atoms with Gasteiger partial charge in [0.15, 0.2) is 0 Å². The minimum atomic E-state index is 0.797. The zero-order chi connectivity index (χ0) is 14.4. The third-order valence-corrected chi connectivity index (χ3v) is 3.89. The van der Waals surface area contributed by atoms with E-state index in [-0.39, 0.29) is 0 Å². The summed E-state index contributed by atoms with van der Waals surface area (Å²) in [7, 11) is 0. The number of rotatable bonds is 1. The maximum Gasteiger partial charge on any atom is 0.137 e. The van der Waals surface area contributed by atoms with E-state index in [1.54, 1.807) is 6.20 Å². The van der Waals surface area contributed by atoms with Gasteiger partial charge in [0.25, 0.3) is 0 Å². The van der Waals surface area contributed by atoms with Gasteiger partial charge in [0.1, 0.15) is 5.82 Å². The third kappa shape index (κ3) is 1.76. The first kappa shape index (κ1) is 11.9. The van der Waals surface area contributed by atoms with Gasteiger partial charge in [-0.25, -0.2) is 4.98 Å². The Morgan fingerprint density at radius 3 is 2.86 bits per heavy atom. The summed E-state index contributed by atoms with van der Waals surface area (Å²) in [5.41, 5.74) is 9.04. The summed E-state index contributed by atoms with van der Waals surface area (Å²) in [5, 5.41) is 3.23. The van der Waals surface area contributed by atoms with E-state index in [0.29, 0.717) is 0 Å². The van der Waals surface area contributed by atoms with Crippen LogP contribution in [0.2, 0.25) is 0 Å². The summed E-state index contributed by atoms with van der Waals surface area (Å²) in [6.07, 6.45) is 7.50. The van der Waals surface area contributed by atoms with E-state index in [0.717, 1.165) is 38.7 Å². The highest BCUT2D eigenvalue weighted by Gasteiger charge is 2.07. The molecule has 4 aromatic rings. The van der Waals surface area contributed by atoms with Crippen molar-refractivity contribution in [1.82, 2.24) is 14.5 Å². The largest absolute Gasteiger partial charge is 0.398 e. The van der Waals surface area contributed by atoms with Crippen LogP contribution in [0, 0.1) is 6.92 Å². The number of nitrogens with zero attached hydrogens (tertiary/aromatic N) is 3. The van der Waals surface area contributed by atoms with Gasteiger partial charge in [0.2, 0.25) is 0 Å². The maximum absolute atomic E-state index is 6.12. The molecule has 0 atom stereocenters. The number of nitrogen functional groups attached to an aromatic ring is 1. The van der Waals surface area contributed by atoms with E-state index in [2.05, 4.69) is 28.2 Å². The second-order valence-electron chi connectivity index (χ2n) is 5.18. The summed E-state index contributed by atoms with van der Waals surface area (Å²) in [4.78, 5) is 8.75. The van der Waals surface area contributed by atoms with Crippen LogP contribution in [0.1, 0.15) is 5.56 Å². The molecule has 2 N–H and O–H groups in total. The van der Waals surface area contributed by atoms with Crippen LogP contribution >= 0.6 is 0 Å². The Hall–Kier alpha value is -2.88. The molecule has 0 bridgehead atoms. The van der Waals surface area contributed by atoms with E-state index in [1.807, 2.05) is 42.2 Å². The lowest BCUT2D eigenvalue weighted by atomic mass is 10.1. The Morgan fingerprint density at radius 2 is 1.95 bits per heavy atom. The summed E-state index contributed by atoms with van der Waals surface area (Å²) in [5.74, 6) is 0.869. The average Bonchev–Trinajstić information content (AvgIpc) is 2.95. The van der Waals surface area contributed by atoms with Crippen LogP contribution in [0.25, 0.3) is 27.5 Å². The molecule has 21 heavy (non-hydrogen) atoms. The van der Waals surface area contributed by atoms with E-state index >= 15 is 0 Å². The number of benzene rings is 1. The fourth-order valence-corrected chi connectivity index (χ4v) is 2.65. The molecule has 0 aliphatic heterocycles. The average molecular weight is 274 g/mol. The molecule has 4 heteroatoms. The van der Waals surface area contributed by atoms with Crippen molar-refractivity contribution in [2.45, 2.75) is 6.92 Å². The molecule has 0 saturated carbocycles. The number of pyridine rings is 2. The predicted octanol–water partition coefficient (Wildman–Crippen LogP) is 3.46. The molecule has 0 radical (unpaired) electrons. The van der Waals surface area contributed by atoms with Crippen molar-refractivity contribution >= 4 is 27.4 Å². The molecule has 0 amide bonds. The second kappa shape index (κ2) is 4.31. The summed E-state index contributed by atoms with van der Waals surface area (Å²) in [6, 6.07) is 10.2. The predicted molar refractivity (Wildman–Crippen MR) is 85.5 cm³/mol. The number of aryl methyl sites for hydroxylation is 1. The van der Waals surface area contributed by atoms with E-state index in [4.69, 9.17) is 5.73 Å². The summed E-state index contributed by atoms with van der Waals surface area (Å²) in [6.45, 7) is 2.01. The number of anilines is 1. The van der Waals surface area contributed by atoms with Gasteiger partial charge >= 0.3 is 0 Å².